The number of hydrogen-bond acceptors (Lipinski definition) is 6. The van der Waals surface area contributed by atoms with Crippen molar-refractivity contribution in [2.45, 2.75) is 89.3 Å². The molecule has 1 atom stereocenters. The molecule has 9 heteroatoms. The second-order valence-corrected chi connectivity index (χ2v) is 11.7. The van der Waals surface area contributed by atoms with E-state index >= 15 is 0 Å². The van der Waals surface area contributed by atoms with Crippen molar-refractivity contribution in [2.75, 3.05) is 26.2 Å². The van der Waals surface area contributed by atoms with E-state index < -0.39 is 11.6 Å². The molecule has 0 saturated carbocycles. The smallest absolute Gasteiger partial charge is 0.246 e. The molecule has 35 heavy (non-hydrogen) atoms. The number of terminal acetylenes is 1. The van der Waals surface area contributed by atoms with E-state index in [-0.39, 0.29) is 42.9 Å². The van der Waals surface area contributed by atoms with Gasteiger partial charge in [0.1, 0.15) is 6.04 Å². The third-order valence-corrected chi connectivity index (χ3v) is 8.91. The topological polar surface area (TPSA) is 94.6 Å². The van der Waals surface area contributed by atoms with Gasteiger partial charge in [-0.1, -0.05) is 0 Å². The molecule has 1 aromatic heterocycles. The maximum absolute atomic E-state index is 13.3. The van der Waals surface area contributed by atoms with E-state index in [9.17, 15) is 14.4 Å². The summed E-state index contributed by atoms with van der Waals surface area (Å²) in [4.78, 5) is 49.8. The number of nitrogens with one attached hydrogen (secondary N) is 2. The SMILES string of the molecule is C#CC[C@H]1NC(=O)CC2(CCN(C(C)C)CC2)NC(=O)Cc2nc(sc2C)C2CCN(CC2)C1=O. The highest BCUT2D eigenvalue weighted by Gasteiger charge is 2.40. The molecule has 2 N–H and O–H groups in total. The molecule has 1 spiro atoms. The number of hydrogen-bond donors (Lipinski definition) is 2. The standard InChI is InChI=1S/C26H37N5O3S/c1-5-6-20-25(34)31-11-7-19(8-12-31)24-28-21(18(4)35-24)15-22(32)29-26(16-23(33)27-20)9-13-30(14-10-26)17(2)3/h1,17,19-20H,6-16H2,2-4H3,(H,27,33)(H,29,32)/t20-/m1/s1. The van der Waals surface area contributed by atoms with Crippen LogP contribution in [0, 0.1) is 19.3 Å². The van der Waals surface area contributed by atoms with Crippen LogP contribution >= 0.6 is 11.3 Å². The van der Waals surface area contributed by atoms with Gasteiger partial charge in [-0.2, -0.15) is 0 Å². The highest BCUT2D eigenvalue weighted by Crippen LogP contribution is 2.33. The lowest BCUT2D eigenvalue weighted by molar-refractivity contribution is -0.138. The Kier molecular flexibility index (Phi) is 7.82. The largest absolute Gasteiger partial charge is 0.350 e. The van der Waals surface area contributed by atoms with Crippen LogP contribution in [0.3, 0.4) is 0 Å². The summed E-state index contributed by atoms with van der Waals surface area (Å²) >= 11 is 1.66. The molecule has 4 bridgehead atoms. The van der Waals surface area contributed by atoms with Gasteiger partial charge in [0.2, 0.25) is 17.7 Å². The van der Waals surface area contributed by atoms with Crippen LogP contribution in [0.2, 0.25) is 0 Å². The number of rotatable bonds is 2. The molecule has 4 aliphatic rings. The molecular formula is C26H37N5O3S. The van der Waals surface area contributed by atoms with Crippen LogP contribution in [0.25, 0.3) is 0 Å². The van der Waals surface area contributed by atoms with Gasteiger partial charge in [0, 0.05) is 55.9 Å². The summed E-state index contributed by atoms with van der Waals surface area (Å²) in [7, 11) is 0. The van der Waals surface area contributed by atoms with Gasteiger partial charge < -0.3 is 20.4 Å². The molecule has 190 valence electrons. The van der Waals surface area contributed by atoms with Crippen LogP contribution in [0.4, 0.5) is 0 Å². The Morgan fingerprint density at radius 3 is 2.46 bits per heavy atom. The van der Waals surface area contributed by atoms with E-state index in [1.165, 1.54) is 0 Å². The summed E-state index contributed by atoms with van der Waals surface area (Å²) in [6, 6.07) is -0.338. The fourth-order valence-electron chi connectivity index (χ4n) is 5.53. The van der Waals surface area contributed by atoms with Crippen molar-refractivity contribution in [3.63, 3.8) is 0 Å². The summed E-state index contributed by atoms with van der Waals surface area (Å²) in [5.74, 6) is 2.37. The predicted octanol–water partition coefficient (Wildman–Crippen LogP) is 1.97. The average molecular weight is 500 g/mol. The first-order chi connectivity index (χ1) is 16.7. The van der Waals surface area contributed by atoms with Crippen molar-refractivity contribution in [3.8, 4) is 12.3 Å². The Morgan fingerprint density at radius 2 is 1.83 bits per heavy atom. The minimum absolute atomic E-state index is 0.103. The van der Waals surface area contributed by atoms with Crippen molar-refractivity contribution in [1.82, 2.24) is 25.4 Å². The fourth-order valence-corrected chi connectivity index (χ4v) is 6.64. The Balaban J connectivity index is 1.63. The van der Waals surface area contributed by atoms with Crippen molar-refractivity contribution in [1.29, 1.82) is 0 Å². The van der Waals surface area contributed by atoms with Gasteiger partial charge >= 0.3 is 0 Å². The van der Waals surface area contributed by atoms with Crippen molar-refractivity contribution < 1.29 is 14.4 Å². The Hall–Kier alpha value is -2.44. The number of carbonyl (C=O) groups is 3. The van der Waals surface area contributed by atoms with Crippen LogP contribution in [0.1, 0.15) is 73.9 Å². The quantitative estimate of drug-likeness (QED) is 0.607. The first kappa shape index (κ1) is 25.6. The third kappa shape index (κ3) is 5.87. The minimum atomic E-state index is -0.742. The number of aromatic nitrogens is 1. The zero-order valence-electron chi connectivity index (χ0n) is 21.1. The molecule has 0 aromatic carbocycles. The lowest BCUT2D eigenvalue weighted by Crippen LogP contribution is -2.59. The number of thiazole rings is 1. The molecule has 0 aliphatic carbocycles. The molecule has 8 nitrogen and oxygen atoms in total. The zero-order valence-corrected chi connectivity index (χ0v) is 21.9. The van der Waals surface area contributed by atoms with E-state index in [1.54, 1.807) is 11.3 Å². The van der Waals surface area contributed by atoms with Crippen molar-refractivity contribution in [2.24, 2.45) is 0 Å². The van der Waals surface area contributed by atoms with Crippen LogP contribution < -0.4 is 10.6 Å². The van der Waals surface area contributed by atoms with Crippen LogP contribution in [-0.2, 0) is 20.8 Å². The second kappa shape index (κ2) is 10.7. The molecule has 2 fully saturated rings. The highest BCUT2D eigenvalue weighted by molar-refractivity contribution is 7.11. The number of likely N-dealkylation sites (tertiary alicyclic amines) is 1. The van der Waals surface area contributed by atoms with Crippen LogP contribution in [-0.4, -0.2) is 76.3 Å². The molecule has 5 heterocycles. The number of aryl methyl sites for hydroxylation is 1. The summed E-state index contributed by atoms with van der Waals surface area (Å²) < 4.78 is 0. The summed E-state index contributed by atoms with van der Waals surface area (Å²) in [6.45, 7) is 9.16. The Morgan fingerprint density at radius 1 is 1.14 bits per heavy atom. The zero-order chi connectivity index (χ0) is 25.2. The van der Waals surface area contributed by atoms with Crippen LogP contribution in [0.5, 0.6) is 0 Å². The van der Waals surface area contributed by atoms with E-state index in [2.05, 4.69) is 35.3 Å². The van der Waals surface area contributed by atoms with Gasteiger partial charge in [-0.3, -0.25) is 14.4 Å². The number of carbonyl (C=O) groups excluding carboxylic acids is 3. The predicted molar refractivity (Wildman–Crippen MR) is 136 cm³/mol. The monoisotopic (exact) mass is 499 g/mol. The van der Waals surface area contributed by atoms with Gasteiger partial charge in [-0.15, -0.1) is 23.7 Å². The molecule has 1 aromatic rings. The number of fused-ring (bicyclic) bond motifs is 8. The average Bonchev–Trinajstić information content (AvgIpc) is 3.17. The second-order valence-electron chi connectivity index (χ2n) is 10.5. The first-order valence-electron chi connectivity index (χ1n) is 12.7. The number of amides is 3. The molecule has 2 saturated heterocycles. The molecule has 5 rings (SSSR count). The van der Waals surface area contributed by atoms with Gasteiger partial charge in [0.25, 0.3) is 0 Å². The van der Waals surface area contributed by atoms with Gasteiger partial charge in [0.05, 0.1) is 22.7 Å². The third-order valence-electron chi connectivity index (χ3n) is 7.74. The Labute approximate surface area is 212 Å². The maximum atomic E-state index is 13.3. The lowest BCUT2D eigenvalue weighted by atomic mass is 9.83. The van der Waals surface area contributed by atoms with Crippen molar-refractivity contribution in [3.05, 3.63) is 15.6 Å². The van der Waals surface area contributed by atoms with E-state index in [1.807, 2.05) is 11.8 Å². The molecule has 0 radical (unpaired) electrons. The Bertz CT molecular complexity index is 997. The number of nitrogens with zero attached hydrogens (tertiary/aromatic N) is 3. The van der Waals surface area contributed by atoms with Gasteiger partial charge in [-0.05, 0) is 46.5 Å². The normalized spacial score (nSPS) is 24.5. The number of piperidine rings is 2. The summed E-state index contributed by atoms with van der Waals surface area (Å²) in [5.41, 5.74) is 0.167. The maximum Gasteiger partial charge on any atom is 0.246 e. The van der Waals surface area contributed by atoms with Crippen LogP contribution in [0.15, 0.2) is 0 Å². The molecular weight excluding hydrogens is 462 g/mol. The fraction of sp³-hybridized carbons (Fsp3) is 0.692. The van der Waals surface area contributed by atoms with Crippen molar-refractivity contribution >= 4 is 29.1 Å². The highest BCUT2D eigenvalue weighted by atomic mass is 32.1. The summed E-state index contributed by atoms with van der Waals surface area (Å²) in [6.07, 6.45) is 9.04. The molecule has 4 aliphatic heterocycles. The first-order valence-corrected chi connectivity index (χ1v) is 13.5. The van der Waals surface area contributed by atoms with Gasteiger partial charge in [-0.25, -0.2) is 4.98 Å². The lowest BCUT2D eigenvalue weighted by Gasteiger charge is -2.43. The van der Waals surface area contributed by atoms with E-state index in [4.69, 9.17) is 11.4 Å². The minimum Gasteiger partial charge on any atom is -0.350 e. The van der Waals surface area contributed by atoms with E-state index in [0.29, 0.717) is 32.0 Å². The molecule has 3 amide bonds. The summed E-state index contributed by atoms with van der Waals surface area (Å²) in [5, 5.41) is 7.19. The van der Waals surface area contributed by atoms with Gasteiger partial charge in [0.15, 0.2) is 0 Å². The van der Waals surface area contributed by atoms with E-state index in [0.717, 1.165) is 41.5 Å². The molecule has 0 unspecified atom stereocenters.